The van der Waals surface area contributed by atoms with E-state index >= 15 is 0 Å². The summed E-state index contributed by atoms with van der Waals surface area (Å²) in [5, 5.41) is 17.5. The van der Waals surface area contributed by atoms with Crippen molar-refractivity contribution in [3.63, 3.8) is 0 Å². The molecular weight excluding hydrogens is 362 g/mol. The zero-order valence-corrected chi connectivity index (χ0v) is 13.8. The predicted octanol–water partition coefficient (Wildman–Crippen LogP) is 1.98. The SMILES string of the molecule is O=C(O)c1ccc(S(=O)(=O)NCCCCCCO)c(Br)c1. The minimum Gasteiger partial charge on any atom is -0.478 e. The van der Waals surface area contributed by atoms with Gasteiger partial charge >= 0.3 is 5.97 Å². The number of aliphatic hydroxyl groups is 1. The molecule has 1 aromatic rings. The van der Waals surface area contributed by atoms with Crippen molar-refractivity contribution in [2.24, 2.45) is 0 Å². The molecule has 0 aliphatic heterocycles. The number of halogens is 1. The molecule has 6 nitrogen and oxygen atoms in total. The van der Waals surface area contributed by atoms with Gasteiger partial charge in [-0.2, -0.15) is 0 Å². The third-order valence-corrected chi connectivity index (χ3v) is 5.28. The molecule has 0 saturated carbocycles. The largest absolute Gasteiger partial charge is 0.478 e. The minimum atomic E-state index is -3.67. The zero-order chi connectivity index (χ0) is 15.9. The highest BCUT2D eigenvalue weighted by molar-refractivity contribution is 9.10. The average Bonchev–Trinajstić information content (AvgIpc) is 2.42. The molecule has 0 saturated heterocycles. The van der Waals surface area contributed by atoms with Crippen molar-refractivity contribution in [1.29, 1.82) is 0 Å². The zero-order valence-electron chi connectivity index (χ0n) is 11.4. The van der Waals surface area contributed by atoms with Gasteiger partial charge in [0.25, 0.3) is 0 Å². The van der Waals surface area contributed by atoms with Gasteiger partial charge < -0.3 is 10.2 Å². The number of unbranched alkanes of at least 4 members (excludes halogenated alkanes) is 3. The van der Waals surface area contributed by atoms with Crippen LogP contribution in [0.3, 0.4) is 0 Å². The van der Waals surface area contributed by atoms with Crippen molar-refractivity contribution >= 4 is 31.9 Å². The molecule has 0 amide bonds. The number of aliphatic hydroxyl groups excluding tert-OH is 1. The van der Waals surface area contributed by atoms with Crippen LogP contribution < -0.4 is 4.72 Å². The first-order valence-electron chi connectivity index (χ1n) is 6.52. The van der Waals surface area contributed by atoms with Crippen molar-refractivity contribution in [2.75, 3.05) is 13.2 Å². The van der Waals surface area contributed by atoms with Crippen LogP contribution in [0.15, 0.2) is 27.6 Å². The Morgan fingerprint density at radius 3 is 2.43 bits per heavy atom. The monoisotopic (exact) mass is 379 g/mol. The van der Waals surface area contributed by atoms with Crippen LogP contribution >= 0.6 is 15.9 Å². The molecular formula is C13H18BrNO5S. The summed E-state index contributed by atoms with van der Waals surface area (Å²) in [6.07, 6.45) is 3.09. The van der Waals surface area contributed by atoms with E-state index in [1.807, 2.05) is 0 Å². The van der Waals surface area contributed by atoms with Crippen LogP contribution in [0.5, 0.6) is 0 Å². The number of carboxylic acid groups (broad SMARTS) is 1. The highest BCUT2D eigenvalue weighted by Gasteiger charge is 2.18. The Hall–Kier alpha value is -0.960. The molecule has 0 unspecified atom stereocenters. The second kappa shape index (κ2) is 8.47. The molecule has 0 atom stereocenters. The topological polar surface area (TPSA) is 104 Å². The molecule has 0 aliphatic rings. The van der Waals surface area contributed by atoms with Gasteiger partial charge in [0.1, 0.15) is 0 Å². The Morgan fingerprint density at radius 2 is 1.86 bits per heavy atom. The number of aromatic carboxylic acids is 1. The number of benzene rings is 1. The number of rotatable bonds is 9. The first kappa shape index (κ1) is 18.1. The Morgan fingerprint density at radius 1 is 1.19 bits per heavy atom. The fraction of sp³-hybridized carbons (Fsp3) is 0.462. The second-order valence-corrected chi connectivity index (χ2v) is 7.08. The lowest BCUT2D eigenvalue weighted by Crippen LogP contribution is -2.25. The molecule has 0 heterocycles. The van der Waals surface area contributed by atoms with Crippen molar-refractivity contribution < 1.29 is 23.4 Å². The maximum Gasteiger partial charge on any atom is 0.335 e. The van der Waals surface area contributed by atoms with Crippen LogP contribution in [0.1, 0.15) is 36.0 Å². The summed E-state index contributed by atoms with van der Waals surface area (Å²) >= 11 is 3.08. The highest BCUT2D eigenvalue weighted by Crippen LogP contribution is 2.23. The van der Waals surface area contributed by atoms with Crippen molar-refractivity contribution in [3.8, 4) is 0 Å². The Labute approximate surface area is 132 Å². The molecule has 1 aromatic carbocycles. The summed E-state index contributed by atoms with van der Waals surface area (Å²) in [5.41, 5.74) is 0.0184. The molecule has 0 aromatic heterocycles. The molecule has 0 aliphatic carbocycles. The Balaban J connectivity index is 2.64. The summed E-state index contributed by atoms with van der Waals surface area (Å²) in [7, 11) is -3.67. The summed E-state index contributed by atoms with van der Waals surface area (Å²) in [6.45, 7) is 0.454. The molecule has 118 valence electrons. The smallest absolute Gasteiger partial charge is 0.335 e. The molecule has 0 radical (unpaired) electrons. The van der Waals surface area contributed by atoms with E-state index in [2.05, 4.69) is 20.7 Å². The number of sulfonamides is 1. The minimum absolute atomic E-state index is 0.0165. The van der Waals surface area contributed by atoms with Gasteiger partial charge in [-0.1, -0.05) is 12.8 Å². The van der Waals surface area contributed by atoms with Crippen LogP contribution in [0, 0.1) is 0 Å². The predicted molar refractivity (Wildman–Crippen MR) is 81.8 cm³/mol. The molecule has 21 heavy (non-hydrogen) atoms. The van der Waals surface area contributed by atoms with E-state index in [0.29, 0.717) is 13.0 Å². The van der Waals surface area contributed by atoms with Crippen LogP contribution in [-0.2, 0) is 10.0 Å². The normalized spacial score (nSPS) is 11.5. The van der Waals surface area contributed by atoms with Gasteiger partial charge in [-0.05, 0) is 47.0 Å². The maximum atomic E-state index is 12.1. The molecule has 8 heteroatoms. The van der Waals surface area contributed by atoms with Crippen LogP contribution in [0.2, 0.25) is 0 Å². The average molecular weight is 380 g/mol. The number of hydrogen-bond donors (Lipinski definition) is 3. The van der Waals surface area contributed by atoms with E-state index in [1.54, 1.807) is 0 Å². The van der Waals surface area contributed by atoms with E-state index in [9.17, 15) is 13.2 Å². The summed E-state index contributed by atoms with van der Waals surface area (Å²) < 4.78 is 26.9. The van der Waals surface area contributed by atoms with Crippen molar-refractivity contribution in [3.05, 3.63) is 28.2 Å². The summed E-state index contributed by atoms with van der Waals surface area (Å²) in [5.74, 6) is -1.11. The second-order valence-electron chi connectivity index (χ2n) is 4.49. The van der Waals surface area contributed by atoms with E-state index in [1.165, 1.54) is 18.2 Å². The maximum absolute atomic E-state index is 12.1. The standard InChI is InChI=1S/C13H18BrNO5S/c14-11-9-10(13(17)18)5-6-12(11)21(19,20)15-7-3-1-2-4-8-16/h5-6,9,15-16H,1-4,7-8H2,(H,17,18). The van der Waals surface area contributed by atoms with Gasteiger partial charge in [0, 0.05) is 17.6 Å². The first-order chi connectivity index (χ1) is 9.88. The quantitative estimate of drug-likeness (QED) is 0.569. The molecule has 3 N–H and O–H groups in total. The van der Waals surface area contributed by atoms with Crippen LogP contribution in [0.25, 0.3) is 0 Å². The van der Waals surface area contributed by atoms with Crippen LogP contribution in [0.4, 0.5) is 0 Å². The lowest BCUT2D eigenvalue weighted by Gasteiger charge is -2.09. The van der Waals surface area contributed by atoms with Crippen LogP contribution in [-0.4, -0.2) is 37.8 Å². The van der Waals surface area contributed by atoms with Gasteiger partial charge in [-0.15, -0.1) is 0 Å². The number of nitrogens with one attached hydrogen (secondary N) is 1. The number of hydrogen-bond acceptors (Lipinski definition) is 4. The van der Waals surface area contributed by atoms with E-state index in [4.69, 9.17) is 10.2 Å². The first-order valence-corrected chi connectivity index (χ1v) is 8.79. The van der Waals surface area contributed by atoms with E-state index < -0.39 is 16.0 Å². The van der Waals surface area contributed by atoms with Gasteiger partial charge in [0.05, 0.1) is 10.5 Å². The Bertz CT molecular complexity index is 588. The van der Waals surface area contributed by atoms with Gasteiger partial charge in [0.2, 0.25) is 10.0 Å². The Kier molecular flexibility index (Phi) is 7.30. The van der Waals surface area contributed by atoms with E-state index in [0.717, 1.165) is 19.3 Å². The lowest BCUT2D eigenvalue weighted by atomic mass is 10.2. The summed E-state index contributed by atoms with van der Waals surface area (Å²) in [4.78, 5) is 10.8. The number of carbonyl (C=O) groups is 1. The summed E-state index contributed by atoms with van der Waals surface area (Å²) in [6, 6.07) is 3.78. The number of carboxylic acids is 1. The molecule has 0 spiro atoms. The van der Waals surface area contributed by atoms with Gasteiger partial charge in [0.15, 0.2) is 0 Å². The molecule has 0 bridgehead atoms. The molecule has 1 rings (SSSR count). The van der Waals surface area contributed by atoms with E-state index in [-0.39, 0.29) is 21.5 Å². The lowest BCUT2D eigenvalue weighted by molar-refractivity contribution is 0.0696. The fourth-order valence-corrected chi connectivity index (χ4v) is 3.88. The fourth-order valence-electron chi connectivity index (χ4n) is 1.73. The highest BCUT2D eigenvalue weighted by atomic mass is 79.9. The van der Waals surface area contributed by atoms with Gasteiger partial charge in [-0.25, -0.2) is 17.9 Å². The van der Waals surface area contributed by atoms with Crippen molar-refractivity contribution in [1.82, 2.24) is 4.72 Å². The molecule has 0 fully saturated rings. The third kappa shape index (κ3) is 5.74. The van der Waals surface area contributed by atoms with Gasteiger partial charge in [-0.3, -0.25) is 0 Å². The van der Waals surface area contributed by atoms with Crippen molar-refractivity contribution in [2.45, 2.75) is 30.6 Å². The third-order valence-electron chi connectivity index (χ3n) is 2.85.